The van der Waals surface area contributed by atoms with E-state index in [1.165, 1.54) is 0 Å². The van der Waals surface area contributed by atoms with Crippen molar-refractivity contribution in [3.8, 4) is 5.75 Å². The number of fused-ring (bicyclic) bond motifs is 1. The van der Waals surface area contributed by atoms with E-state index >= 15 is 0 Å². The van der Waals surface area contributed by atoms with Crippen molar-refractivity contribution >= 4 is 28.0 Å². The third kappa shape index (κ3) is 4.69. The fourth-order valence-electron chi connectivity index (χ4n) is 3.31. The Labute approximate surface area is 181 Å². The third-order valence-corrected chi connectivity index (χ3v) is 4.97. The molecule has 0 aliphatic carbocycles. The summed E-state index contributed by atoms with van der Waals surface area (Å²) in [6, 6.07) is 21.3. The van der Waals surface area contributed by atoms with Crippen molar-refractivity contribution in [3.63, 3.8) is 0 Å². The minimum absolute atomic E-state index is 0.190. The number of nitrogens with zero attached hydrogens (tertiary/aromatic N) is 2. The van der Waals surface area contributed by atoms with Crippen LogP contribution >= 0.6 is 0 Å². The fraction of sp³-hybridized carbons (Fsp3) is 0.200. The van der Waals surface area contributed by atoms with E-state index < -0.39 is 0 Å². The number of hydrazine groups is 1. The first-order chi connectivity index (χ1) is 15.1. The molecular formula is C25H26N4O2. The van der Waals surface area contributed by atoms with E-state index in [9.17, 15) is 4.79 Å². The Morgan fingerprint density at radius 2 is 1.81 bits per heavy atom. The van der Waals surface area contributed by atoms with Gasteiger partial charge in [-0.1, -0.05) is 44.2 Å². The number of pyridine rings is 2. The predicted molar refractivity (Wildman–Crippen MR) is 126 cm³/mol. The molecule has 6 nitrogen and oxygen atoms in total. The fourth-order valence-corrected chi connectivity index (χ4v) is 3.31. The molecule has 158 valence electrons. The normalized spacial score (nSPS) is 10.9. The van der Waals surface area contributed by atoms with Gasteiger partial charge < -0.3 is 9.72 Å². The maximum absolute atomic E-state index is 12.7. The highest BCUT2D eigenvalue weighted by Crippen LogP contribution is 2.32. The number of aromatic amines is 1. The number of ether oxygens (including phenoxy) is 1. The summed E-state index contributed by atoms with van der Waals surface area (Å²) in [5.41, 5.74) is 4.88. The average Bonchev–Trinajstić information content (AvgIpc) is 2.78. The quantitative estimate of drug-likeness (QED) is 0.372. The lowest BCUT2D eigenvalue weighted by atomic mass is 10.1. The maximum atomic E-state index is 12.7. The predicted octanol–water partition coefficient (Wildman–Crippen LogP) is 5.51. The highest BCUT2D eigenvalue weighted by molar-refractivity contribution is 5.93. The van der Waals surface area contributed by atoms with E-state index in [1.54, 1.807) is 12.4 Å². The number of para-hydroxylation sites is 3. The Hall–Kier alpha value is -3.80. The largest absolute Gasteiger partial charge is 0.491 e. The lowest BCUT2D eigenvalue weighted by Gasteiger charge is -2.27. The Morgan fingerprint density at radius 1 is 1.03 bits per heavy atom. The van der Waals surface area contributed by atoms with Gasteiger partial charge >= 0.3 is 0 Å². The van der Waals surface area contributed by atoms with Crippen LogP contribution in [0.1, 0.15) is 20.3 Å². The molecule has 31 heavy (non-hydrogen) atoms. The first-order valence-corrected chi connectivity index (χ1v) is 10.4. The number of anilines is 3. The molecule has 0 spiro atoms. The van der Waals surface area contributed by atoms with E-state index in [-0.39, 0.29) is 5.56 Å². The van der Waals surface area contributed by atoms with Crippen LogP contribution in [-0.2, 0) is 0 Å². The van der Waals surface area contributed by atoms with Gasteiger partial charge in [0.25, 0.3) is 5.56 Å². The standard InChI is InChI=1S/C25H26N4O2/c1-18(2)14-17-31-22-11-7-6-10-21(22)28-29(20-8-4-3-5-9-20)24-23-19(12-15-26-24)13-16-27-25(23)30/h3-13,15-16,18,28H,14,17H2,1-2H3,(H,27,30). The summed E-state index contributed by atoms with van der Waals surface area (Å²) < 4.78 is 6.05. The number of nitrogens with one attached hydrogen (secondary N) is 2. The molecule has 0 amide bonds. The molecule has 0 radical (unpaired) electrons. The molecule has 4 aromatic rings. The first-order valence-electron chi connectivity index (χ1n) is 10.4. The molecule has 2 N–H and O–H groups in total. The van der Waals surface area contributed by atoms with Crippen LogP contribution in [0.15, 0.2) is 83.9 Å². The summed E-state index contributed by atoms with van der Waals surface area (Å²) in [5.74, 6) is 1.83. The highest BCUT2D eigenvalue weighted by atomic mass is 16.5. The summed E-state index contributed by atoms with van der Waals surface area (Å²) in [6.45, 7) is 4.98. The van der Waals surface area contributed by atoms with Crippen LogP contribution in [0.3, 0.4) is 0 Å². The van der Waals surface area contributed by atoms with Crippen LogP contribution in [0, 0.1) is 5.92 Å². The lowest BCUT2D eigenvalue weighted by molar-refractivity contribution is 0.290. The summed E-state index contributed by atoms with van der Waals surface area (Å²) in [7, 11) is 0. The molecule has 0 saturated heterocycles. The molecule has 0 bridgehead atoms. The zero-order valence-electron chi connectivity index (χ0n) is 17.7. The highest BCUT2D eigenvalue weighted by Gasteiger charge is 2.18. The van der Waals surface area contributed by atoms with Crippen LogP contribution in [0.4, 0.5) is 17.2 Å². The van der Waals surface area contributed by atoms with Crippen LogP contribution < -0.4 is 20.7 Å². The molecule has 0 atom stereocenters. The summed E-state index contributed by atoms with van der Waals surface area (Å²) in [4.78, 5) is 20.0. The van der Waals surface area contributed by atoms with Crippen LogP contribution in [-0.4, -0.2) is 16.6 Å². The summed E-state index contributed by atoms with van der Waals surface area (Å²) in [5, 5.41) is 3.15. The molecule has 0 fully saturated rings. The van der Waals surface area contributed by atoms with Gasteiger partial charge in [0.1, 0.15) is 5.75 Å². The molecule has 0 aliphatic heterocycles. The van der Waals surface area contributed by atoms with Crippen LogP contribution in [0.2, 0.25) is 0 Å². The zero-order chi connectivity index (χ0) is 21.6. The number of aromatic nitrogens is 2. The van der Waals surface area contributed by atoms with Crippen LogP contribution in [0.5, 0.6) is 5.75 Å². The molecule has 0 saturated carbocycles. The van der Waals surface area contributed by atoms with E-state index in [1.807, 2.05) is 71.7 Å². The number of rotatable bonds is 8. The van der Waals surface area contributed by atoms with Gasteiger partial charge in [0.05, 0.1) is 23.4 Å². The number of benzene rings is 2. The third-order valence-electron chi connectivity index (χ3n) is 4.97. The van der Waals surface area contributed by atoms with Gasteiger partial charge in [-0.2, -0.15) is 0 Å². The van der Waals surface area contributed by atoms with Crippen molar-refractivity contribution in [1.29, 1.82) is 0 Å². The molecule has 4 rings (SSSR count). The molecule has 2 aromatic carbocycles. The van der Waals surface area contributed by atoms with Crippen molar-refractivity contribution < 1.29 is 4.74 Å². The smallest absolute Gasteiger partial charge is 0.259 e. The second-order valence-corrected chi connectivity index (χ2v) is 7.72. The monoisotopic (exact) mass is 414 g/mol. The van der Waals surface area contributed by atoms with Gasteiger partial charge in [0.2, 0.25) is 0 Å². The van der Waals surface area contributed by atoms with E-state index in [2.05, 4.69) is 29.2 Å². The topological polar surface area (TPSA) is 70.2 Å². The van der Waals surface area contributed by atoms with Gasteiger partial charge in [-0.15, -0.1) is 0 Å². The molecule has 2 aromatic heterocycles. The zero-order valence-corrected chi connectivity index (χ0v) is 17.7. The van der Waals surface area contributed by atoms with Crippen molar-refractivity contribution in [2.45, 2.75) is 20.3 Å². The van der Waals surface area contributed by atoms with Gasteiger partial charge in [-0.25, -0.2) is 9.99 Å². The summed E-state index contributed by atoms with van der Waals surface area (Å²) >= 11 is 0. The molecule has 0 unspecified atom stereocenters. The maximum Gasteiger partial charge on any atom is 0.259 e. The number of hydrogen-bond donors (Lipinski definition) is 2. The van der Waals surface area contributed by atoms with Crippen molar-refractivity contribution in [2.75, 3.05) is 17.0 Å². The SMILES string of the molecule is CC(C)CCOc1ccccc1NN(c1ccccc1)c1nccc2cc[nH]c(=O)c12. The first kappa shape index (κ1) is 20.5. The second-order valence-electron chi connectivity index (χ2n) is 7.72. The molecular weight excluding hydrogens is 388 g/mol. The van der Waals surface area contributed by atoms with Crippen molar-refractivity contribution in [2.24, 2.45) is 5.92 Å². The minimum atomic E-state index is -0.190. The van der Waals surface area contributed by atoms with E-state index in [0.29, 0.717) is 23.7 Å². The average molecular weight is 415 g/mol. The minimum Gasteiger partial charge on any atom is -0.491 e. The van der Waals surface area contributed by atoms with Gasteiger partial charge in [0.15, 0.2) is 5.82 Å². The molecule has 2 heterocycles. The summed E-state index contributed by atoms with van der Waals surface area (Å²) in [6.07, 6.45) is 4.32. The molecule has 6 heteroatoms. The molecule has 0 aliphatic rings. The van der Waals surface area contributed by atoms with E-state index in [4.69, 9.17) is 4.74 Å². The Kier molecular flexibility index (Phi) is 6.17. The Bertz CT molecular complexity index is 1200. The number of H-pyrrole nitrogens is 1. The van der Waals surface area contributed by atoms with Gasteiger partial charge in [0, 0.05) is 12.4 Å². The van der Waals surface area contributed by atoms with Crippen molar-refractivity contribution in [1.82, 2.24) is 9.97 Å². The second kappa shape index (κ2) is 9.34. The Balaban J connectivity index is 1.77. The Morgan fingerprint density at radius 3 is 2.61 bits per heavy atom. The van der Waals surface area contributed by atoms with E-state index in [0.717, 1.165) is 28.9 Å². The lowest BCUT2D eigenvalue weighted by Crippen LogP contribution is -2.27. The number of hydrogen-bond acceptors (Lipinski definition) is 5. The van der Waals surface area contributed by atoms with Gasteiger partial charge in [-0.05, 0) is 54.1 Å². The van der Waals surface area contributed by atoms with Crippen LogP contribution in [0.25, 0.3) is 10.8 Å². The van der Waals surface area contributed by atoms with Gasteiger partial charge in [-0.3, -0.25) is 10.2 Å². The van der Waals surface area contributed by atoms with Crippen molar-refractivity contribution in [3.05, 3.63) is 89.5 Å².